The van der Waals surface area contributed by atoms with Gasteiger partial charge in [0.15, 0.2) is 6.61 Å². The van der Waals surface area contributed by atoms with E-state index in [1.165, 1.54) is 0 Å². The third-order valence-corrected chi connectivity index (χ3v) is 6.83. The molecule has 0 radical (unpaired) electrons. The molecule has 5 aromatic rings. The summed E-state index contributed by atoms with van der Waals surface area (Å²) in [5, 5.41) is 17.6. The molecular formula is C35H30N4O3. The van der Waals surface area contributed by atoms with Crippen molar-refractivity contribution in [3.8, 4) is 34.2 Å². The van der Waals surface area contributed by atoms with Gasteiger partial charge in [0.05, 0.1) is 18.5 Å². The number of methoxy groups -OCH3 is 1. The molecule has 7 heteroatoms. The molecule has 0 bridgehead atoms. The van der Waals surface area contributed by atoms with Crippen molar-refractivity contribution in [3.05, 3.63) is 132 Å². The van der Waals surface area contributed by atoms with Crippen molar-refractivity contribution in [2.24, 2.45) is 5.16 Å². The molecule has 0 saturated heterocycles. The zero-order chi connectivity index (χ0) is 29.3. The van der Waals surface area contributed by atoms with E-state index in [0.29, 0.717) is 23.6 Å². The normalized spacial score (nSPS) is 11.0. The molecule has 0 atom stereocenters. The Bertz CT molecular complexity index is 1720. The Hall–Kier alpha value is -5.61. The van der Waals surface area contributed by atoms with E-state index in [1.54, 1.807) is 14.0 Å². The van der Waals surface area contributed by atoms with E-state index in [9.17, 15) is 10.1 Å². The predicted octanol–water partition coefficient (Wildman–Crippen LogP) is 7.13. The fraction of sp³-hybridized carbons (Fsp3) is 0.114. The van der Waals surface area contributed by atoms with Gasteiger partial charge in [0.25, 0.3) is 5.91 Å². The van der Waals surface area contributed by atoms with E-state index < -0.39 is 5.91 Å². The third kappa shape index (κ3) is 6.24. The highest BCUT2D eigenvalue weighted by molar-refractivity contribution is 5.99. The molecule has 1 amide bonds. The summed E-state index contributed by atoms with van der Waals surface area (Å²) in [4.78, 5) is 18.7. The van der Waals surface area contributed by atoms with Gasteiger partial charge in [-0.3, -0.25) is 4.79 Å². The topological polar surface area (TPSA) is 88.6 Å². The van der Waals surface area contributed by atoms with E-state index >= 15 is 0 Å². The first-order valence-corrected chi connectivity index (χ1v) is 13.5. The summed E-state index contributed by atoms with van der Waals surface area (Å²) in [6.07, 6.45) is 0. The fourth-order valence-corrected chi connectivity index (χ4v) is 4.80. The first kappa shape index (κ1) is 27.9. The molecule has 0 saturated carbocycles. The van der Waals surface area contributed by atoms with Gasteiger partial charge in [0, 0.05) is 12.1 Å². The van der Waals surface area contributed by atoms with Crippen LogP contribution in [0.4, 0.5) is 5.82 Å². The molecule has 0 spiro atoms. The zero-order valence-electron chi connectivity index (χ0n) is 23.5. The Morgan fingerprint density at radius 1 is 0.857 bits per heavy atom. The van der Waals surface area contributed by atoms with Crippen LogP contribution in [0.3, 0.4) is 0 Å². The maximum atomic E-state index is 13.2. The van der Waals surface area contributed by atoms with Gasteiger partial charge < -0.3 is 19.5 Å². The summed E-state index contributed by atoms with van der Waals surface area (Å²) in [6.45, 7) is 1.92. The van der Waals surface area contributed by atoms with Gasteiger partial charge in [-0.15, -0.1) is 0 Å². The molecular weight excluding hydrogens is 524 g/mol. The minimum Gasteiger partial charge on any atom is -0.497 e. The number of aromatic nitrogens is 1. The SMILES string of the molecule is COc1ccc(/C(C)=N/OCC(=O)Nc2c(C#N)c(-c3ccccc3)c(-c3ccccc3)n2Cc2ccccc2)cc1. The minimum atomic E-state index is -0.427. The lowest BCUT2D eigenvalue weighted by molar-refractivity contribution is -0.120. The van der Waals surface area contributed by atoms with Crippen LogP contribution in [0.1, 0.15) is 23.6 Å². The molecule has 0 fully saturated rings. The zero-order valence-corrected chi connectivity index (χ0v) is 23.5. The molecule has 7 nitrogen and oxygen atoms in total. The van der Waals surface area contributed by atoms with Crippen LogP contribution >= 0.6 is 0 Å². The number of oxime groups is 1. The monoisotopic (exact) mass is 554 g/mol. The lowest BCUT2D eigenvalue weighted by atomic mass is 9.98. The van der Waals surface area contributed by atoms with Crippen molar-refractivity contribution in [2.75, 3.05) is 19.0 Å². The van der Waals surface area contributed by atoms with Crippen molar-refractivity contribution in [1.82, 2.24) is 4.57 Å². The van der Waals surface area contributed by atoms with E-state index in [4.69, 9.17) is 9.57 Å². The number of amides is 1. The molecule has 1 aromatic heterocycles. The predicted molar refractivity (Wildman–Crippen MR) is 165 cm³/mol. The molecule has 0 aliphatic rings. The van der Waals surface area contributed by atoms with Gasteiger partial charge in [-0.2, -0.15) is 5.26 Å². The van der Waals surface area contributed by atoms with Crippen LogP contribution in [-0.2, 0) is 16.2 Å². The number of hydrogen-bond acceptors (Lipinski definition) is 5. The number of rotatable bonds is 10. The Kier molecular flexibility index (Phi) is 8.76. The Balaban J connectivity index is 1.52. The molecule has 0 aliphatic carbocycles. The number of nitriles is 1. The van der Waals surface area contributed by atoms with Gasteiger partial charge in [-0.25, -0.2) is 0 Å². The second-order valence-corrected chi connectivity index (χ2v) is 9.59. The standard InChI is InChI=1S/C35H30N4O3/c1-25(27-18-20-30(41-2)21-19-27)38-42-24-32(40)37-35-31(22-36)33(28-14-8-4-9-15-28)34(29-16-10-5-11-17-29)39(35)23-26-12-6-3-7-13-26/h3-21H,23-24H2,1-2H3,(H,37,40)/b38-25+. The largest absolute Gasteiger partial charge is 0.497 e. The van der Waals surface area contributed by atoms with Crippen LogP contribution in [0.5, 0.6) is 5.75 Å². The smallest absolute Gasteiger partial charge is 0.266 e. The average molecular weight is 555 g/mol. The number of ether oxygens (including phenoxy) is 1. The van der Waals surface area contributed by atoms with Gasteiger partial charge in [-0.05, 0) is 53.4 Å². The average Bonchev–Trinajstić information content (AvgIpc) is 3.34. The highest BCUT2D eigenvalue weighted by Gasteiger charge is 2.26. The molecule has 208 valence electrons. The highest BCUT2D eigenvalue weighted by Crippen LogP contribution is 2.42. The molecule has 4 aromatic carbocycles. The summed E-state index contributed by atoms with van der Waals surface area (Å²) in [5.41, 5.74) is 6.28. The Morgan fingerprint density at radius 3 is 2.05 bits per heavy atom. The molecule has 1 heterocycles. The fourth-order valence-electron chi connectivity index (χ4n) is 4.80. The van der Waals surface area contributed by atoms with Crippen LogP contribution in [0.25, 0.3) is 22.4 Å². The van der Waals surface area contributed by atoms with Gasteiger partial charge in [0.1, 0.15) is 23.2 Å². The van der Waals surface area contributed by atoms with Crippen LogP contribution < -0.4 is 10.1 Å². The highest BCUT2D eigenvalue weighted by atomic mass is 16.6. The number of anilines is 1. The van der Waals surface area contributed by atoms with Crippen molar-refractivity contribution in [1.29, 1.82) is 5.26 Å². The van der Waals surface area contributed by atoms with E-state index in [1.807, 2.05) is 120 Å². The van der Waals surface area contributed by atoms with Crippen LogP contribution in [0, 0.1) is 11.3 Å². The van der Waals surface area contributed by atoms with Crippen LogP contribution in [-0.4, -0.2) is 29.9 Å². The van der Waals surface area contributed by atoms with Crippen molar-refractivity contribution < 1.29 is 14.4 Å². The lowest BCUT2D eigenvalue weighted by Crippen LogP contribution is -2.20. The first-order chi connectivity index (χ1) is 20.6. The summed E-state index contributed by atoms with van der Waals surface area (Å²) in [7, 11) is 1.61. The number of carbonyl (C=O) groups excluding carboxylic acids is 1. The molecule has 42 heavy (non-hydrogen) atoms. The molecule has 1 N–H and O–H groups in total. The van der Waals surface area contributed by atoms with E-state index in [0.717, 1.165) is 39.3 Å². The van der Waals surface area contributed by atoms with Crippen LogP contribution in [0.2, 0.25) is 0 Å². The van der Waals surface area contributed by atoms with Gasteiger partial charge in [-0.1, -0.05) is 96.2 Å². The summed E-state index contributed by atoms with van der Waals surface area (Å²) in [6, 6.07) is 39.4. The summed E-state index contributed by atoms with van der Waals surface area (Å²) >= 11 is 0. The molecule has 5 rings (SSSR count). The van der Waals surface area contributed by atoms with Gasteiger partial charge in [0.2, 0.25) is 0 Å². The van der Waals surface area contributed by atoms with Gasteiger partial charge >= 0.3 is 0 Å². The number of nitrogens with zero attached hydrogens (tertiary/aromatic N) is 3. The second kappa shape index (κ2) is 13.2. The first-order valence-electron chi connectivity index (χ1n) is 13.5. The van der Waals surface area contributed by atoms with E-state index in [2.05, 4.69) is 16.5 Å². The number of carbonyl (C=O) groups is 1. The second-order valence-electron chi connectivity index (χ2n) is 9.59. The summed E-state index contributed by atoms with van der Waals surface area (Å²) < 4.78 is 7.20. The molecule has 0 aliphatic heterocycles. The lowest BCUT2D eigenvalue weighted by Gasteiger charge is -2.15. The maximum Gasteiger partial charge on any atom is 0.266 e. The summed E-state index contributed by atoms with van der Waals surface area (Å²) in [5.74, 6) is 0.718. The third-order valence-electron chi connectivity index (χ3n) is 6.83. The van der Waals surface area contributed by atoms with Crippen molar-refractivity contribution >= 4 is 17.4 Å². The number of hydrogen-bond donors (Lipinski definition) is 1. The maximum absolute atomic E-state index is 13.2. The van der Waals surface area contributed by atoms with Crippen molar-refractivity contribution in [2.45, 2.75) is 13.5 Å². The Labute approximate surface area is 245 Å². The quantitative estimate of drug-likeness (QED) is 0.147. The van der Waals surface area contributed by atoms with Crippen LogP contribution in [0.15, 0.2) is 120 Å². The van der Waals surface area contributed by atoms with Crippen molar-refractivity contribution in [3.63, 3.8) is 0 Å². The Morgan fingerprint density at radius 2 is 1.45 bits per heavy atom. The number of benzene rings is 4. The van der Waals surface area contributed by atoms with E-state index in [-0.39, 0.29) is 6.61 Å². The molecule has 0 unspecified atom stereocenters. The number of nitrogens with one attached hydrogen (secondary N) is 1. The minimum absolute atomic E-state index is 0.323.